The third-order valence-electron chi connectivity index (χ3n) is 8.04. The molecule has 2 atom stereocenters. The van der Waals surface area contributed by atoms with Gasteiger partial charge in [0.2, 0.25) is 5.91 Å². The van der Waals surface area contributed by atoms with Crippen LogP contribution in [-0.4, -0.2) is 58.7 Å². The van der Waals surface area contributed by atoms with Crippen molar-refractivity contribution in [3.8, 4) is 39.7 Å². The number of fused-ring (bicyclic) bond motifs is 6. The molecule has 2 aliphatic rings. The first kappa shape index (κ1) is 27.8. The second-order valence-corrected chi connectivity index (χ2v) is 11.3. The van der Waals surface area contributed by atoms with Gasteiger partial charge in [0.05, 0.1) is 40.6 Å². The summed E-state index contributed by atoms with van der Waals surface area (Å²) in [5.74, 6) is 0.460. The lowest BCUT2D eigenvalue weighted by Gasteiger charge is -2.26. The molecule has 2 bridgehead atoms. The van der Waals surface area contributed by atoms with Gasteiger partial charge in [-0.25, -0.2) is 4.98 Å². The van der Waals surface area contributed by atoms with Gasteiger partial charge in [-0.3, -0.25) is 14.3 Å². The number of ether oxygens (including phenoxy) is 2. The number of pyridine rings is 2. The minimum absolute atomic E-state index is 0.0990. The molecule has 5 aromatic rings. The van der Waals surface area contributed by atoms with Crippen LogP contribution in [0.2, 0.25) is 5.02 Å². The normalized spacial score (nSPS) is 18.1. The van der Waals surface area contributed by atoms with E-state index in [-0.39, 0.29) is 17.4 Å². The highest BCUT2D eigenvalue weighted by Crippen LogP contribution is 2.44. The van der Waals surface area contributed by atoms with Crippen molar-refractivity contribution in [3.05, 3.63) is 76.2 Å². The zero-order valence-electron chi connectivity index (χ0n) is 24.0. The van der Waals surface area contributed by atoms with Gasteiger partial charge in [-0.05, 0) is 59.2 Å². The molecule has 14 heteroatoms. The number of anilines is 1. The molecule has 0 radical (unpaired) electrons. The summed E-state index contributed by atoms with van der Waals surface area (Å²) < 4.78 is 16.9. The topological polar surface area (TPSA) is 144 Å². The summed E-state index contributed by atoms with van der Waals surface area (Å²) in [6, 6.07) is 10.2. The third kappa shape index (κ3) is 4.98. The number of halogens is 1. The van der Waals surface area contributed by atoms with Gasteiger partial charge < -0.3 is 19.4 Å². The number of nitrogens with zero attached hydrogens (tertiary/aromatic N) is 8. The van der Waals surface area contributed by atoms with Crippen molar-refractivity contribution in [1.82, 2.24) is 39.5 Å². The fraction of sp³-hybridized carbons (Fsp3) is 0.300. The Labute approximate surface area is 256 Å². The van der Waals surface area contributed by atoms with E-state index in [4.69, 9.17) is 26.1 Å². The zero-order valence-corrected chi connectivity index (χ0v) is 24.7. The molecule has 0 saturated carbocycles. The number of rotatable bonds is 3. The van der Waals surface area contributed by atoms with Crippen LogP contribution in [0.5, 0.6) is 11.6 Å². The number of hydrogen-bond donors (Lipinski definition) is 1. The second-order valence-electron chi connectivity index (χ2n) is 10.9. The van der Waals surface area contributed by atoms with Gasteiger partial charge in [0.1, 0.15) is 19.5 Å². The number of amides is 1. The average molecular weight is 614 g/mol. The average Bonchev–Trinajstić information content (AvgIpc) is 3.68. The number of aromatic nitrogens is 8. The standard InChI is InChI=1S/C30H28ClN9O4/c1-17-4-3-5-25(39-9-8-18(12-26(39)41)20-13-19(31)6-7-24(20)40-16-32-36-37-40)22-14-21(28-30(35-22)44-11-10-43-28)27-23(34-29(17)42)15-33-38(27)2/h6-9,12-17,25H,3-5,10-11H2,1-2H3,(H,34,42)/t17-,25+/m1/s1. The molecule has 6 heterocycles. The summed E-state index contributed by atoms with van der Waals surface area (Å²) in [6.07, 6.45) is 6.74. The molecule has 1 aromatic carbocycles. The molecule has 1 N–H and O–H groups in total. The Hall–Kier alpha value is -5.04. The van der Waals surface area contributed by atoms with E-state index in [9.17, 15) is 9.59 Å². The first-order valence-corrected chi connectivity index (χ1v) is 14.6. The van der Waals surface area contributed by atoms with Crippen LogP contribution in [0, 0.1) is 5.92 Å². The van der Waals surface area contributed by atoms with E-state index in [1.807, 2.05) is 19.1 Å². The van der Waals surface area contributed by atoms with Crippen molar-refractivity contribution in [2.45, 2.75) is 32.2 Å². The van der Waals surface area contributed by atoms with Crippen LogP contribution in [0.15, 0.2) is 59.9 Å². The second kappa shape index (κ2) is 11.2. The predicted octanol–water partition coefficient (Wildman–Crippen LogP) is 4.06. The smallest absolute Gasteiger partial charge is 0.258 e. The molecule has 13 nitrogen and oxygen atoms in total. The molecule has 0 saturated heterocycles. The van der Waals surface area contributed by atoms with Crippen molar-refractivity contribution in [2.75, 3.05) is 18.5 Å². The number of aryl methyl sites for hydroxylation is 1. The number of benzene rings is 1. The Morgan fingerprint density at radius 1 is 1.05 bits per heavy atom. The summed E-state index contributed by atoms with van der Waals surface area (Å²) in [4.78, 5) is 31.9. The lowest BCUT2D eigenvalue weighted by molar-refractivity contribution is -0.119. The highest BCUT2D eigenvalue weighted by molar-refractivity contribution is 6.31. The molecular formula is C30H28ClN9O4. The Bertz CT molecular complexity index is 1940. The Balaban J connectivity index is 1.37. The maximum Gasteiger partial charge on any atom is 0.258 e. The van der Waals surface area contributed by atoms with E-state index in [1.54, 1.807) is 53.0 Å². The fourth-order valence-electron chi connectivity index (χ4n) is 5.80. The Morgan fingerprint density at radius 3 is 2.73 bits per heavy atom. The predicted molar refractivity (Wildman–Crippen MR) is 161 cm³/mol. The summed E-state index contributed by atoms with van der Waals surface area (Å²) in [6.45, 7) is 2.60. The van der Waals surface area contributed by atoms with Gasteiger partial charge >= 0.3 is 0 Å². The number of carbonyl (C=O) groups excluding carboxylic acids is 1. The minimum Gasteiger partial charge on any atom is -0.484 e. The van der Waals surface area contributed by atoms with Crippen LogP contribution >= 0.6 is 11.6 Å². The minimum atomic E-state index is -0.448. The molecule has 44 heavy (non-hydrogen) atoms. The van der Waals surface area contributed by atoms with Crippen molar-refractivity contribution in [1.29, 1.82) is 0 Å². The fourth-order valence-corrected chi connectivity index (χ4v) is 5.97. The number of nitrogens with one attached hydrogen (secondary N) is 1. The zero-order chi connectivity index (χ0) is 30.4. The first-order chi connectivity index (χ1) is 21.4. The highest BCUT2D eigenvalue weighted by Gasteiger charge is 2.29. The van der Waals surface area contributed by atoms with E-state index in [0.29, 0.717) is 88.6 Å². The van der Waals surface area contributed by atoms with Gasteiger partial charge in [0.15, 0.2) is 5.75 Å². The van der Waals surface area contributed by atoms with Crippen LogP contribution in [0.25, 0.3) is 28.1 Å². The van der Waals surface area contributed by atoms with Crippen LogP contribution in [0.4, 0.5) is 5.69 Å². The van der Waals surface area contributed by atoms with E-state index in [2.05, 4.69) is 25.9 Å². The maximum atomic E-state index is 13.9. The monoisotopic (exact) mass is 613 g/mol. The lowest BCUT2D eigenvalue weighted by atomic mass is 9.96. The van der Waals surface area contributed by atoms with Crippen LogP contribution in [0.3, 0.4) is 0 Å². The Morgan fingerprint density at radius 2 is 1.91 bits per heavy atom. The van der Waals surface area contributed by atoms with Crippen molar-refractivity contribution in [3.63, 3.8) is 0 Å². The molecule has 0 unspecified atom stereocenters. The van der Waals surface area contributed by atoms with E-state index in [1.165, 1.54) is 11.0 Å². The van der Waals surface area contributed by atoms with Crippen molar-refractivity contribution in [2.24, 2.45) is 13.0 Å². The Kier molecular flexibility index (Phi) is 7.09. The third-order valence-corrected chi connectivity index (χ3v) is 8.27. The van der Waals surface area contributed by atoms with Crippen LogP contribution < -0.4 is 20.3 Å². The van der Waals surface area contributed by atoms with E-state index < -0.39 is 6.04 Å². The maximum absolute atomic E-state index is 13.9. The molecule has 0 spiro atoms. The number of tetrazole rings is 1. The molecule has 1 amide bonds. The van der Waals surface area contributed by atoms with Crippen LogP contribution in [-0.2, 0) is 11.8 Å². The van der Waals surface area contributed by atoms with E-state index in [0.717, 1.165) is 0 Å². The summed E-state index contributed by atoms with van der Waals surface area (Å²) in [7, 11) is 1.80. The molecule has 0 aliphatic carbocycles. The molecule has 7 rings (SSSR count). The largest absolute Gasteiger partial charge is 0.484 e. The summed E-state index contributed by atoms with van der Waals surface area (Å²) in [5, 5.41) is 19.5. The van der Waals surface area contributed by atoms with Gasteiger partial charge in [-0.15, -0.1) is 5.10 Å². The van der Waals surface area contributed by atoms with Crippen LogP contribution in [0.1, 0.15) is 37.9 Å². The van der Waals surface area contributed by atoms with Gasteiger partial charge in [-0.1, -0.05) is 24.9 Å². The first-order valence-electron chi connectivity index (χ1n) is 14.3. The summed E-state index contributed by atoms with van der Waals surface area (Å²) in [5.41, 5.74) is 4.36. The molecule has 2 aliphatic heterocycles. The van der Waals surface area contributed by atoms with Gasteiger partial charge in [-0.2, -0.15) is 9.78 Å². The quantitative estimate of drug-likeness (QED) is 0.318. The van der Waals surface area contributed by atoms with E-state index >= 15 is 0 Å². The van der Waals surface area contributed by atoms with Crippen molar-refractivity contribution < 1.29 is 14.3 Å². The van der Waals surface area contributed by atoms with Gasteiger partial charge in [0, 0.05) is 35.8 Å². The SMILES string of the molecule is C[C@@H]1CCC[C@H](n2ccc(-c3cc(Cl)ccc3-n3cnnn3)cc2=O)c2cc(c3c(n2)OCCO3)-c2c(cnn2C)NC1=O. The molecule has 224 valence electrons. The lowest BCUT2D eigenvalue weighted by Crippen LogP contribution is -2.27. The highest BCUT2D eigenvalue weighted by atomic mass is 35.5. The summed E-state index contributed by atoms with van der Waals surface area (Å²) >= 11 is 6.36. The number of carbonyl (C=O) groups is 1. The van der Waals surface area contributed by atoms with Gasteiger partial charge in [0.25, 0.3) is 11.4 Å². The molecule has 4 aromatic heterocycles. The number of hydrogen-bond acceptors (Lipinski definition) is 9. The van der Waals surface area contributed by atoms with Crippen molar-refractivity contribution >= 4 is 23.2 Å². The molecule has 0 fully saturated rings. The molecular weight excluding hydrogens is 586 g/mol.